The number of nitrogens with zero attached hydrogens (tertiary/aromatic N) is 1. The van der Waals surface area contributed by atoms with Gasteiger partial charge in [0.2, 0.25) is 0 Å². The number of nitrogens with two attached hydrogens (primary N) is 1. The molecule has 1 aromatic rings. The van der Waals surface area contributed by atoms with Crippen molar-refractivity contribution in [3.8, 4) is 0 Å². The Morgan fingerprint density at radius 3 is 2.44 bits per heavy atom. The molecule has 1 saturated heterocycles. The maximum atomic E-state index is 12.1. The molecule has 6 heteroatoms. The van der Waals surface area contributed by atoms with Crippen LogP contribution in [0.5, 0.6) is 0 Å². The second kappa shape index (κ2) is 4.40. The summed E-state index contributed by atoms with van der Waals surface area (Å²) < 4.78 is 25.2. The highest BCUT2D eigenvalue weighted by Crippen LogP contribution is 2.20. The molecule has 2 N–H and O–H groups in total. The first-order valence-corrected chi connectivity index (χ1v) is 6.56. The van der Waals surface area contributed by atoms with Crippen LogP contribution >= 0.6 is 0 Å². The molecule has 0 saturated carbocycles. The molecule has 2 rings (SSSR count). The van der Waals surface area contributed by atoms with Crippen LogP contribution in [0.15, 0.2) is 29.2 Å². The summed E-state index contributed by atoms with van der Waals surface area (Å²) in [7, 11) is -3.52. The molecular formula is C10H14N2O3S. The van der Waals surface area contributed by atoms with E-state index in [0.29, 0.717) is 18.8 Å². The molecule has 0 spiro atoms. The molecule has 16 heavy (non-hydrogen) atoms. The molecule has 0 amide bonds. The number of nitrogen functional groups attached to an aromatic ring is 1. The number of hydroxylamine groups is 1. The maximum Gasteiger partial charge on any atom is 0.265 e. The number of benzene rings is 1. The van der Waals surface area contributed by atoms with Gasteiger partial charge in [-0.2, -0.15) is 0 Å². The molecule has 1 fully saturated rings. The van der Waals surface area contributed by atoms with Crippen molar-refractivity contribution in [2.45, 2.75) is 17.7 Å². The highest BCUT2D eigenvalue weighted by atomic mass is 32.2. The SMILES string of the molecule is Nc1ccc(S(=O)(=O)N2CCCCO2)cc1. The van der Waals surface area contributed by atoms with Crippen molar-refractivity contribution >= 4 is 15.7 Å². The van der Waals surface area contributed by atoms with Crippen molar-refractivity contribution in [2.75, 3.05) is 18.9 Å². The average molecular weight is 242 g/mol. The van der Waals surface area contributed by atoms with Crippen molar-refractivity contribution in [2.24, 2.45) is 0 Å². The zero-order valence-corrected chi connectivity index (χ0v) is 9.61. The van der Waals surface area contributed by atoms with Crippen LogP contribution in [0.1, 0.15) is 12.8 Å². The van der Waals surface area contributed by atoms with Crippen LogP contribution in [0.2, 0.25) is 0 Å². The lowest BCUT2D eigenvalue weighted by atomic mass is 10.3. The van der Waals surface area contributed by atoms with Crippen LogP contribution in [-0.2, 0) is 14.9 Å². The molecule has 1 heterocycles. The van der Waals surface area contributed by atoms with Crippen LogP contribution in [0.3, 0.4) is 0 Å². The molecule has 88 valence electrons. The van der Waals surface area contributed by atoms with E-state index in [2.05, 4.69) is 0 Å². The van der Waals surface area contributed by atoms with Gasteiger partial charge in [-0.1, -0.05) is 4.47 Å². The Morgan fingerprint density at radius 1 is 1.19 bits per heavy atom. The number of hydrogen-bond donors (Lipinski definition) is 1. The Balaban J connectivity index is 2.27. The van der Waals surface area contributed by atoms with E-state index in [9.17, 15) is 8.42 Å². The Kier molecular flexibility index (Phi) is 3.13. The van der Waals surface area contributed by atoms with Crippen LogP contribution in [0.25, 0.3) is 0 Å². The molecule has 1 aliphatic heterocycles. The van der Waals surface area contributed by atoms with E-state index in [-0.39, 0.29) is 4.90 Å². The van der Waals surface area contributed by atoms with Gasteiger partial charge in [-0.25, -0.2) is 8.42 Å². The average Bonchev–Trinajstić information content (AvgIpc) is 2.31. The van der Waals surface area contributed by atoms with E-state index < -0.39 is 10.0 Å². The second-order valence-corrected chi connectivity index (χ2v) is 5.47. The third kappa shape index (κ3) is 2.18. The van der Waals surface area contributed by atoms with Crippen molar-refractivity contribution in [1.82, 2.24) is 4.47 Å². The minimum atomic E-state index is -3.52. The smallest absolute Gasteiger partial charge is 0.265 e. The van der Waals surface area contributed by atoms with E-state index in [0.717, 1.165) is 17.3 Å². The molecule has 1 aliphatic rings. The Morgan fingerprint density at radius 2 is 1.88 bits per heavy atom. The van der Waals surface area contributed by atoms with Crippen molar-refractivity contribution in [3.63, 3.8) is 0 Å². The van der Waals surface area contributed by atoms with E-state index >= 15 is 0 Å². The van der Waals surface area contributed by atoms with Gasteiger partial charge in [-0.05, 0) is 37.1 Å². The standard InChI is InChI=1S/C10H14N2O3S/c11-9-3-5-10(6-4-9)16(13,14)12-7-1-2-8-15-12/h3-6H,1-2,7-8,11H2. The molecular weight excluding hydrogens is 228 g/mol. The molecule has 0 aromatic heterocycles. The molecule has 0 unspecified atom stereocenters. The normalized spacial score (nSPS) is 18.5. The predicted molar refractivity (Wildman–Crippen MR) is 59.9 cm³/mol. The third-order valence-corrected chi connectivity index (χ3v) is 4.11. The fraction of sp³-hybridized carbons (Fsp3) is 0.400. The molecule has 0 radical (unpaired) electrons. The van der Waals surface area contributed by atoms with Gasteiger partial charge in [0, 0.05) is 12.2 Å². The zero-order chi connectivity index (χ0) is 11.6. The van der Waals surface area contributed by atoms with Gasteiger partial charge < -0.3 is 5.73 Å². The Hall–Kier alpha value is -1.11. The minimum absolute atomic E-state index is 0.212. The van der Waals surface area contributed by atoms with Crippen molar-refractivity contribution in [1.29, 1.82) is 0 Å². The van der Waals surface area contributed by atoms with E-state index in [1.165, 1.54) is 12.1 Å². The number of hydrogen-bond acceptors (Lipinski definition) is 4. The monoisotopic (exact) mass is 242 g/mol. The molecule has 0 atom stereocenters. The van der Waals surface area contributed by atoms with Crippen LogP contribution in [0, 0.1) is 0 Å². The van der Waals surface area contributed by atoms with Gasteiger partial charge >= 0.3 is 0 Å². The second-order valence-electron chi connectivity index (χ2n) is 3.64. The Labute approximate surface area is 94.8 Å². The molecule has 1 aromatic carbocycles. The molecule has 0 bridgehead atoms. The number of rotatable bonds is 2. The Bertz CT molecular complexity index is 449. The van der Waals surface area contributed by atoms with Gasteiger partial charge in [0.25, 0.3) is 10.0 Å². The van der Waals surface area contributed by atoms with Crippen LogP contribution < -0.4 is 5.73 Å². The summed E-state index contributed by atoms with van der Waals surface area (Å²) in [6, 6.07) is 6.11. The van der Waals surface area contributed by atoms with E-state index in [1.807, 2.05) is 0 Å². The lowest BCUT2D eigenvalue weighted by molar-refractivity contribution is -0.108. The van der Waals surface area contributed by atoms with Gasteiger partial charge in [0.15, 0.2) is 0 Å². The number of anilines is 1. The van der Waals surface area contributed by atoms with Gasteiger partial charge in [0.1, 0.15) is 0 Å². The van der Waals surface area contributed by atoms with Crippen LogP contribution in [-0.4, -0.2) is 26.0 Å². The summed E-state index contributed by atoms with van der Waals surface area (Å²) >= 11 is 0. The van der Waals surface area contributed by atoms with E-state index in [1.54, 1.807) is 12.1 Å². The summed E-state index contributed by atoms with van der Waals surface area (Å²) in [5, 5.41) is 0. The summed E-state index contributed by atoms with van der Waals surface area (Å²) in [6.45, 7) is 0.862. The van der Waals surface area contributed by atoms with E-state index in [4.69, 9.17) is 10.6 Å². The van der Waals surface area contributed by atoms with Gasteiger partial charge in [-0.3, -0.25) is 4.84 Å². The van der Waals surface area contributed by atoms with Gasteiger partial charge in [0.05, 0.1) is 11.5 Å². The van der Waals surface area contributed by atoms with Gasteiger partial charge in [-0.15, -0.1) is 0 Å². The number of sulfonamides is 1. The minimum Gasteiger partial charge on any atom is -0.399 e. The van der Waals surface area contributed by atoms with Crippen LogP contribution in [0.4, 0.5) is 5.69 Å². The first-order valence-electron chi connectivity index (χ1n) is 5.12. The highest BCUT2D eigenvalue weighted by Gasteiger charge is 2.26. The van der Waals surface area contributed by atoms with Crippen molar-refractivity contribution < 1.29 is 13.3 Å². The third-order valence-electron chi connectivity index (χ3n) is 2.42. The molecule has 0 aliphatic carbocycles. The topological polar surface area (TPSA) is 72.6 Å². The fourth-order valence-corrected chi connectivity index (χ4v) is 2.82. The fourth-order valence-electron chi connectivity index (χ4n) is 1.52. The lowest BCUT2D eigenvalue weighted by Gasteiger charge is -2.25. The summed E-state index contributed by atoms with van der Waals surface area (Å²) in [6.07, 6.45) is 1.72. The molecule has 5 nitrogen and oxygen atoms in total. The maximum absolute atomic E-state index is 12.1. The quantitative estimate of drug-likeness (QED) is 0.785. The lowest BCUT2D eigenvalue weighted by Crippen LogP contribution is -2.35. The first-order chi connectivity index (χ1) is 7.60. The highest BCUT2D eigenvalue weighted by molar-refractivity contribution is 7.89. The summed E-state index contributed by atoms with van der Waals surface area (Å²) in [4.78, 5) is 5.35. The van der Waals surface area contributed by atoms with Crippen molar-refractivity contribution in [3.05, 3.63) is 24.3 Å². The first kappa shape index (κ1) is 11.4. The summed E-state index contributed by atoms with van der Waals surface area (Å²) in [5.41, 5.74) is 6.05. The largest absolute Gasteiger partial charge is 0.399 e. The predicted octanol–water partition coefficient (Wildman–Crippen LogP) is 0.985. The zero-order valence-electron chi connectivity index (χ0n) is 8.80. The summed E-state index contributed by atoms with van der Waals surface area (Å²) in [5.74, 6) is 0.